The van der Waals surface area contributed by atoms with Gasteiger partial charge in [-0.1, -0.05) is 42.5 Å². The number of aryl methyl sites for hydroxylation is 1. The molecular weight excluding hydrogens is 554 g/mol. The minimum atomic E-state index is -4.03. The van der Waals surface area contributed by atoms with E-state index >= 15 is 0 Å². The van der Waals surface area contributed by atoms with Crippen molar-refractivity contribution in [2.24, 2.45) is 0 Å². The Morgan fingerprint density at radius 2 is 1.57 bits per heavy atom. The van der Waals surface area contributed by atoms with Gasteiger partial charge in [-0.05, 0) is 60.4 Å². The van der Waals surface area contributed by atoms with E-state index in [1.165, 1.54) is 35.7 Å². The molecule has 1 saturated heterocycles. The molecule has 1 fully saturated rings. The average Bonchev–Trinajstić information content (AvgIpc) is 2.96. The highest BCUT2D eigenvalue weighted by molar-refractivity contribution is 7.89. The van der Waals surface area contributed by atoms with Crippen LogP contribution in [0.2, 0.25) is 0 Å². The zero-order valence-electron chi connectivity index (χ0n) is 22.4. The fourth-order valence-corrected chi connectivity index (χ4v) is 7.03. The number of carbonyl (C=O) groups is 1. The van der Waals surface area contributed by atoms with E-state index in [0.29, 0.717) is 43.2 Å². The van der Waals surface area contributed by atoms with Crippen molar-refractivity contribution >= 4 is 26.0 Å². The number of hydrogen-bond acceptors (Lipinski definition) is 7. The average molecular weight is 588 g/mol. The van der Waals surface area contributed by atoms with Gasteiger partial charge in [-0.2, -0.15) is 9.03 Å². The molecule has 1 aliphatic rings. The maximum atomic E-state index is 13.3. The Morgan fingerprint density at radius 3 is 2.20 bits per heavy atom. The number of nitrogens with one attached hydrogen (secondary N) is 2. The van der Waals surface area contributed by atoms with Crippen LogP contribution in [0, 0.1) is 6.92 Å². The number of methoxy groups -OCH3 is 1. The molecule has 3 aromatic carbocycles. The summed E-state index contributed by atoms with van der Waals surface area (Å²) < 4.78 is 66.6. The lowest BCUT2D eigenvalue weighted by Gasteiger charge is -2.26. The Hall–Kier alpha value is -3.29. The number of morpholine rings is 1. The van der Waals surface area contributed by atoms with Crippen molar-refractivity contribution in [3.63, 3.8) is 0 Å². The van der Waals surface area contributed by atoms with Crippen LogP contribution in [0.3, 0.4) is 0 Å². The van der Waals surface area contributed by atoms with E-state index in [1.807, 2.05) is 30.3 Å². The van der Waals surface area contributed by atoms with Gasteiger partial charge < -0.3 is 14.8 Å². The molecule has 0 saturated carbocycles. The van der Waals surface area contributed by atoms with E-state index in [1.54, 1.807) is 25.1 Å². The summed E-state index contributed by atoms with van der Waals surface area (Å²) in [6.45, 7) is 3.14. The summed E-state index contributed by atoms with van der Waals surface area (Å²) >= 11 is 0. The second-order valence-electron chi connectivity index (χ2n) is 9.37. The summed E-state index contributed by atoms with van der Waals surface area (Å²) in [4.78, 5) is 13.4. The number of benzene rings is 3. The molecule has 214 valence electrons. The third-order valence-electron chi connectivity index (χ3n) is 6.57. The van der Waals surface area contributed by atoms with Crippen molar-refractivity contribution in [3.8, 4) is 5.75 Å². The fourth-order valence-electron chi connectivity index (χ4n) is 4.34. The second-order valence-corrected chi connectivity index (χ2v) is 13.0. The first kappa shape index (κ1) is 29.7. The lowest BCUT2D eigenvalue weighted by molar-refractivity contribution is -0.122. The third kappa shape index (κ3) is 7.26. The largest absolute Gasteiger partial charge is 0.496 e. The highest BCUT2D eigenvalue weighted by atomic mass is 32.2. The SMILES string of the molecule is COc1ccc(S(=O)(=O)N[C@H](Cc2ccccc2)C(=O)NCc2ccc(S(=O)(=O)N3CCOCC3)cc2)cc1C. The van der Waals surface area contributed by atoms with Crippen LogP contribution in [0.1, 0.15) is 16.7 Å². The zero-order chi connectivity index (χ0) is 28.8. The molecule has 1 amide bonds. The number of rotatable bonds is 11. The molecule has 0 unspecified atom stereocenters. The summed E-state index contributed by atoms with van der Waals surface area (Å²) in [5.74, 6) is 0.0453. The first-order valence-corrected chi connectivity index (χ1v) is 15.7. The first-order valence-electron chi connectivity index (χ1n) is 12.8. The molecule has 1 aliphatic heterocycles. The van der Waals surface area contributed by atoms with Crippen molar-refractivity contribution in [2.45, 2.75) is 35.7 Å². The Balaban J connectivity index is 1.47. The predicted molar refractivity (Wildman–Crippen MR) is 150 cm³/mol. The van der Waals surface area contributed by atoms with Gasteiger partial charge in [-0.15, -0.1) is 0 Å². The van der Waals surface area contributed by atoms with Crippen molar-refractivity contribution in [3.05, 3.63) is 89.5 Å². The molecule has 0 aromatic heterocycles. The Morgan fingerprint density at radius 1 is 0.925 bits per heavy atom. The van der Waals surface area contributed by atoms with Gasteiger partial charge >= 0.3 is 0 Å². The molecule has 4 rings (SSSR count). The van der Waals surface area contributed by atoms with E-state index in [-0.39, 0.29) is 22.8 Å². The summed E-state index contributed by atoms with van der Waals surface area (Å²) in [7, 11) is -6.16. The standard InChI is InChI=1S/C28H33N3O7S2/c1-21-18-25(12-13-27(21)37-2)39(33,34)30-26(19-22-6-4-3-5-7-22)28(32)29-20-23-8-10-24(11-9-23)40(35,36)31-14-16-38-17-15-31/h3-13,18,26,30H,14-17,19-20H2,1-2H3,(H,29,32)/t26-/m1/s1. The van der Waals surface area contributed by atoms with Crippen molar-refractivity contribution in [1.29, 1.82) is 0 Å². The van der Waals surface area contributed by atoms with Gasteiger partial charge in [-0.25, -0.2) is 16.8 Å². The number of nitrogens with zero attached hydrogens (tertiary/aromatic N) is 1. The molecule has 1 atom stereocenters. The molecule has 0 radical (unpaired) electrons. The van der Waals surface area contributed by atoms with Crippen LogP contribution in [0.15, 0.2) is 82.6 Å². The molecule has 40 heavy (non-hydrogen) atoms. The van der Waals surface area contributed by atoms with Crippen LogP contribution >= 0.6 is 0 Å². The molecular formula is C28H33N3O7S2. The van der Waals surface area contributed by atoms with Crippen LogP contribution in [-0.4, -0.2) is 66.5 Å². The van der Waals surface area contributed by atoms with Gasteiger partial charge in [0, 0.05) is 19.6 Å². The lowest BCUT2D eigenvalue weighted by Crippen LogP contribution is -2.47. The van der Waals surface area contributed by atoms with E-state index in [9.17, 15) is 21.6 Å². The Bertz CT molecular complexity index is 1520. The zero-order valence-corrected chi connectivity index (χ0v) is 24.0. The number of ether oxygens (including phenoxy) is 2. The molecule has 2 N–H and O–H groups in total. The Kier molecular flexibility index (Phi) is 9.59. The van der Waals surface area contributed by atoms with Gasteiger partial charge in [0.2, 0.25) is 26.0 Å². The van der Waals surface area contributed by atoms with E-state index in [2.05, 4.69) is 10.0 Å². The maximum Gasteiger partial charge on any atom is 0.243 e. The summed E-state index contributed by atoms with van der Waals surface area (Å²) in [5, 5.41) is 2.78. The highest BCUT2D eigenvalue weighted by Crippen LogP contribution is 2.22. The highest BCUT2D eigenvalue weighted by Gasteiger charge is 2.28. The maximum absolute atomic E-state index is 13.3. The molecule has 0 bridgehead atoms. The minimum Gasteiger partial charge on any atom is -0.496 e. The summed E-state index contributed by atoms with van der Waals surface area (Å²) in [5.41, 5.74) is 2.10. The molecule has 12 heteroatoms. The van der Waals surface area contributed by atoms with Gasteiger partial charge in [0.25, 0.3) is 0 Å². The van der Waals surface area contributed by atoms with Crippen LogP contribution in [-0.2, 0) is 42.5 Å². The van der Waals surface area contributed by atoms with Gasteiger partial charge in [0.15, 0.2) is 0 Å². The van der Waals surface area contributed by atoms with Gasteiger partial charge in [-0.3, -0.25) is 4.79 Å². The molecule has 0 aliphatic carbocycles. The van der Waals surface area contributed by atoms with Crippen LogP contribution < -0.4 is 14.8 Å². The van der Waals surface area contributed by atoms with Crippen molar-refractivity contribution in [1.82, 2.24) is 14.3 Å². The monoisotopic (exact) mass is 587 g/mol. The molecule has 3 aromatic rings. The normalized spacial score (nSPS) is 15.3. The summed E-state index contributed by atoms with van der Waals surface area (Å²) in [6, 6.07) is 18.8. The molecule has 1 heterocycles. The lowest BCUT2D eigenvalue weighted by atomic mass is 10.1. The van der Waals surface area contributed by atoms with Gasteiger partial charge in [0.05, 0.1) is 30.1 Å². The van der Waals surface area contributed by atoms with Crippen LogP contribution in [0.25, 0.3) is 0 Å². The smallest absolute Gasteiger partial charge is 0.243 e. The number of hydrogen-bond donors (Lipinski definition) is 2. The third-order valence-corrected chi connectivity index (χ3v) is 9.95. The number of carbonyl (C=O) groups excluding carboxylic acids is 1. The first-order chi connectivity index (χ1) is 19.1. The summed E-state index contributed by atoms with van der Waals surface area (Å²) in [6.07, 6.45) is 0.137. The van der Waals surface area contributed by atoms with Crippen molar-refractivity contribution < 1.29 is 31.1 Å². The Labute approximate surface area is 235 Å². The van der Waals surface area contributed by atoms with Crippen LogP contribution in [0.4, 0.5) is 0 Å². The molecule has 10 nitrogen and oxygen atoms in total. The van der Waals surface area contributed by atoms with E-state index < -0.39 is 32.0 Å². The number of amides is 1. The fraction of sp³-hybridized carbons (Fsp3) is 0.321. The predicted octanol–water partition coefficient (Wildman–Crippen LogP) is 2.23. The van der Waals surface area contributed by atoms with E-state index in [4.69, 9.17) is 9.47 Å². The quantitative estimate of drug-likeness (QED) is 0.352. The second kappa shape index (κ2) is 12.9. The van der Waals surface area contributed by atoms with Crippen molar-refractivity contribution in [2.75, 3.05) is 33.4 Å². The topological polar surface area (TPSA) is 131 Å². The van der Waals surface area contributed by atoms with Crippen LogP contribution in [0.5, 0.6) is 5.75 Å². The number of sulfonamides is 2. The van der Waals surface area contributed by atoms with E-state index in [0.717, 1.165) is 5.56 Å². The van der Waals surface area contributed by atoms with Gasteiger partial charge in [0.1, 0.15) is 11.8 Å². The minimum absolute atomic E-state index is 0.0220. The molecule has 0 spiro atoms.